The molecule has 150 valence electrons. The van der Waals surface area contributed by atoms with Crippen LogP contribution in [-0.2, 0) is 0 Å². The standard InChI is InChI=1S/C24H30O4/c1-22-10-9-20-17(8-12-24(27)13-16(25)7-11-23(20,24)2)19(22)5-4-18(22)15-3-6-21(26)28-14-15/h3-6,14,16-17,20,25,27H,7-13H2,1-2H3/t16-,17-,20-,22+,23+,24-/m0/s1. The van der Waals surface area contributed by atoms with Gasteiger partial charge in [0.25, 0.3) is 0 Å². The summed E-state index contributed by atoms with van der Waals surface area (Å²) >= 11 is 0. The second-order valence-corrected chi connectivity index (χ2v) is 10.0. The maximum absolute atomic E-state index is 11.5. The van der Waals surface area contributed by atoms with Crippen molar-refractivity contribution < 1.29 is 14.6 Å². The molecule has 1 aromatic rings. The van der Waals surface area contributed by atoms with Crippen molar-refractivity contribution in [2.45, 2.75) is 70.5 Å². The van der Waals surface area contributed by atoms with E-state index in [0.29, 0.717) is 18.3 Å². The Bertz CT molecular complexity index is 906. The molecule has 28 heavy (non-hydrogen) atoms. The summed E-state index contributed by atoms with van der Waals surface area (Å²) in [7, 11) is 0. The summed E-state index contributed by atoms with van der Waals surface area (Å²) in [6.45, 7) is 4.60. The number of rotatable bonds is 1. The molecule has 4 heteroatoms. The molecule has 0 spiro atoms. The normalized spacial score (nSPS) is 44.8. The minimum Gasteiger partial charge on any atom is -0.431 e. The van der Waals surface area contributed by atoms with E-state index in [-0.39, 0.29) is 22.6 Å². The number of fused-ring (bicyclic) bond motifs is 5. The summed E-state index contributed by atoms with van der Waals surface area (Å²) in [5.74, 6) is 0.934. The number of aliphatic hydroxyl groups is 2. The van der Waals surface area contributed by atoms with Gasteiger partial charge in [0.1, 0.15) is 6.26 Å². The van der Waals surface area contributed by atoms with Crippen molar-refractivity contribution in [3.8, 4) is 0 Å². The minimum absolute atomic E-state index is 0.0267. The van der Waals surface area contributed by atoms with Crippen LogP contribution in [0.1, 0.15) is 64.4 Å². The molecular formula is C24H30O4. The zero-order valence-electron chi connectivity index (χ0n) is 16.8. The van der Waals surface area contributed by atoms with Crippen LogP contribution in [0.25, 0.3) is 5.57 Å². The summed E-state index contributed by atoms with van der Waals surface area (Å²) in [5, 5.41) is 21.7. The number of allylic oxidation sites excluding steroid dienone is 4. The molecule has 1 heterocycles. The highest BCUT2D eigenvalue weighted by Crippen LogP contribution is 2.67. The van der Waals surface area contributed by atoms with Gasteiger partial charge in [0, 0.05) is 23.5 Å². The lowest BCUT2D eigenvalue weighted by atomic mass is 9.44. The Hall–Kier alpha value is -1.65. The van der Waals surface area contributed by atoms with E-state index in [2.05, 4.69) is 26.0 Å². The first-order chi connectivity index (χ1) is 13.3. The first-order valence-corrected chi connectivity index (χ1v) is 10.7. The average molecular weight is 383 g/mol. The molecule has 4 aliphatic carbocycles. The topological polar surface area (TPSA) is 70.7 Å². The van der Waals surface area contributed by atoms with Gasteiger partial charge < -0.3 is 14.6 Å². The molecule has 0 saturated heterocycles. The van der Waals surface area contributed by atoms with Gasteiger partial charge in [0.05, 0.1) is 11.7 Å². The molecule has 2 N–H and O–H groups in total. The molecule has 5 rings (SSSR count). The fourth-order valence-corrected chi connectivity index (χ4v) is 7.15. The SMILES string of the molecule is C[C@]12CC[C@H]3[C@@H](CC[C@]4(O)C[C@@H](O)CC[C@]34C)C1=CC=C2c1ccc(=O)oc1. The fraction of sp³-hybridized carbons (Fsp3) is 0.625. The maximum Gasteiger partial charge on any atom is 0.335 e. The monoisotopic (exact) mass is 382 g/mol. The predicted octanol–water partition coefficient (Wildman–Crippen LogP) is 4.07. The quantitative estimate of drug-likeness (QED) is 0.768. The fourth-order valence-electron chi connectivity index (χ4n) is 7.15. The molecule has 0 amide bonds. The van der Waals surface area contributed by atoms with Crippen molar-refractivity contribution in [2.24, 2.45) is 22.7 Å². The molecule has 0 aromatic carbocycles. The zero-order valence-corrected chi connectivity index (χ0v) is 16.8. The second kappa shape index (κ2) is 5.93. The van der Waals surface area contributed by atoms with E-state index in [9.17, 15) is 15.0 Å². The van der Waals surface area contributed by atoms with Gasteiger partial charge in [-0.1, -0.05) is 31.6 Å². The van der Waals surface area contributed by atoms with Gasteiger partial charge >= 0.3 is 5.63 Å². The van der Waals surface area contributed by atoms with Gasteiger partial charge in [-0.3, -0.25) is 0 Å². The third kappa shape index (κ3) is 2.34. The molecule has 3 saturated carbocycles. The number of aliphatic hydroxyl groups excluding tert-OH is 1. The number of hydrogen-bond donors (Lipinski definition) is 2. The molecule has 0 bridgehead atoms. The molecule has 4 aliphatic rings. The van der Waals surface area contributed by atoms with E-state index in [4.69, 9.17) is 4.42 Å². The highest BCUT2D eigenvalue weighted by molar-refractivity contribution is 5.78. The lowest BCUT2D eigenvalue weighted by Crippen LogP contribution is -2.61. The molecule has 0 aliphatic heterocycles. The van der Waals surface area contributed by atoms with Crippen molar-refractivity contribution in [3.63, 3.8) is 0 Å². The lowest BCUT2D eigenvalue weighted by Gasteiger charge is -2.62. The highest BCUT2D eigenvalue weighted by atomic mass is 16.4. The van der Waals surface area contributed by atoms with Crippen LogP contribution in [0.5, 0.6) is 0 Å². The van der Waals surface area contributed by atoms with Crippen molar-refractivity contribution >= 4 is 5.57 Å². The van der Waals surface area contributed by atoms with Crippen molar-refractivity contribution in [1.82, 2.24) is 0 Å². The molecule has 0 unspecified atom stereocenters. The average Bonchev–Trinajstić information content (AvgIpc) is 3.01. The van der Waals surface area contributed by atoms with Crippen molar-refractivity contribution in [3.05, 3.63) is 52.1 Å². The summed E-state index contributed by atoms with van der Waals surface area (Å²) in [6, 6.07) is 3.37. The molecular weight excluding hydrogens is 352 g/mol. The van der Waals surface area contributed by atoms with Crippen molar-refractivity contribution in [1.29, 1.82) is 0 Å². The zero-order chi connectivity index (χ0) is 19.7. The van der Waals surface area contributed by atoms with Crippen molar-refractivity contribution in [2.75, 3.05) is 0 Å². The first kappa shape index (κ1) is 18.4. The van der Waals surface area contributed by atoms with Gasteiger partial charge in [-0.25, -0.2) is 4.79 Å². The Morgan fingerprint density at radius 3 is 2.64 bits per heavy atom. The Balaban J connectivity index is 1.48. The molecule has 3 fully saturated rings. The third-order valence-corrected chi connectivity index (χ3v) is 8.83. The highest BCUT2D eigenvalue weighted by Gasteiger charge is 2.62. The van der Waals surface area contributed by atoms with Gasteiger partial charge in [0.15, 0.2) is 0 Å². The summed E-state index contributed by atoms with van der Waals surface area (Å²) in [4.78, 5) is 11.4. The Labute approximate surface area is 166 Å². The van der Waals surface area contributed by atoms with Crippen LogP contribution in [0, 0.1) is 22.7 Å². The first-order valence-electron chi connectivity index (χ1n) is 10.7. The van der Waals surface area contributed by atoms with Crippen LogP contribution in [0.3, 0.4) is 0 Å². The van der Waals surface area contributed by atoms with E-state index in [1.54, 1.807) is 6.26 Å². The largest absolute Gasteiger partial charge is 0.431 e. The van der Waals surface area contributed by atoms with E-state index in [1.807, 2.05) is 6.07 Å². The molecule has 0 radical (unpaired) electrons. The van der Waals surface area contributed by atoms with Crippen LogP contribution in [0.15, 0.2) is 45.3 Å². The molecule has 4 nitrogen and oxygen atoms in total. The minimum atomic E-state index is -0.738. The van der Waals surface area contributed by atoms with Crippen LogP contribution < -0.4 is 5.63 Å². The van der Waals surface area contributed by atoms with Crippen LogP contribution >= 0.6 is 0 Å². The Kier molecular flexibility index (Phi) is 3.89. The van der Waals surface area contributed by atoms with E-state index >= 15 is 0 Å². The van der Waals surface area contributed by atoms with Crippen LogP contribution in [0.2, 0.25) is 0 Å². The maximum atomic E-state index is 11.5. The lowest BCUT2D eigenvalue weighted by molar-refractivity contribution is -0.200. The van der Waals surface area contributed by atoms with Crippen LogP contribution in [-0.4, -0.2) is 21.9 Å². The van der Waals surface area contributed by atoms with Gasteiger partial charge in [-0.15, -0.1) is 0 Å². The Morgan fingerprint density at radius 2 is 1.89 bits per heavy atom. The molecule has 6 atom stereocenters. The second-order valence-electron chi connectivity index (χ2n) is 10.0. The number of hydrogen-bond acceptors (Lipinski definition) is 4. The third-order valence-electron chi connectivity index (χ3n) is 8.83. The summed E-state index contributed by atoms with van der Waals surface area (Å²) in [6.07, 6.45) is 11.8. The van der Waals surface area contributed by atoms with Crippen LogP contribution in [0.4, 0.5) is 0 Å². The van der Waals surface area contributed by atoms with E-state index < -0.39 is 5.60 Å². The predicted molar refractivity (Wildman–Crippen MR) is 108 cm³/mol. The van der Waals surface area contributed by atoms with Gasteiger partial charge in [-0.2, -0.15) is 0 Å². The van der Waals surface area contributed by atoms with Gasteiger partial charge in [0.2, 0.25) is 0 Å². The van der Waals surface area contributed by atoms with E-state index in [1.165, 1.54) is 17.2 Å². The summed E-state index contributed by atoms with van der Waals surface area (Å²) < 4.78 is 5.14. The van der Waals surface area contributed by atoms with E-state index in [0.717, 1.165) is 44.1 Å². The smallest absolute Gasteiger partial charge is 0.335 e. The molecule has 1 aromatic heterocycles. The Morgan fingerprint density at radius 1 is 1.07 bits per heavy atom. The summed E-state index contributed by atoms with van der Waals surface area (Å²) in [5.41, 5.74) is 2.52. The van der Waals surface area contributed by atoms with Gasteiger partial charge in [-0.05, 0) is 67.4 Å².